The topological polar surface area (TPSA) is 76.6 Å². The predicted molar refractivity (Wildman–Crippen MR) is 76.1 cm³/mol. The van der Waals surface area contributed by atoms with Crippen molar-refractivity contribution in [1.82, 2.24) is 14.9 Å². The summed E-state index contributed by atoms with van der Waals surface area (Å²) in [4.78, 5) is 22.4. The maximum Gasteiger partial charge on any atom is 0.323 e. The van der Waals surface area contributed by atoms with E-state index in [4.69, 9.17) is 9.47 Å². The number of hydrogen-bond donors (Lipinski definition) is 1. The molecule has 2 amide bonds. The second-order valence-corrected chi connectivity index (χ2v) is 5.57. The number of rotatable bonds is 1. The van der Waals surface area contributed by atoms with Crippen LogP contribution in [0.2, 0.25) is 0 Å². The zero-order chi connectivity index (χ0) is 14.9. The smallest absolute Gasteiger partial charge is 0.323 e. The van der Waals surface area contributed by atoms with Crippen LogP contribution in [0.25, 0.3) is 0 Å². The summed E-state index contributed by atoms with van der Waals surface area (Å²) in [6.07, 6.45) is 4.02. The molecule has 0 radical (unpaired) electrons. The lowest BCUT2D eigenvalue weighted by molar-refractivity contribution is -0.124. The quantitative estimate of drug-likeness (QED) is 0.841. The van der Waals surface area contributed by atoms with E-state index in [2.05, 4.69) is 15.3 Å². The Morgan fingerprint density at radius 3 is 2.95 bits per heavy atom. The normalized spacial score (nSPS) is 28.9. The van der Waals surface area contributed by atoms with Gasteiger partial charge in [-0.05, 0) is 13.8 Å². The van der Waals surface area contributed by atoms with Gasteiger partial charge < -0.3 is 14.4 Å². The van der Waals surface area contributed by atoms with Crippen LogP contribution in [0.5, 0.6) is 0 Å². The molecule has 2 saturated heterocycles. The highest BCUT2D eigenvalue weighted by Gasteiger charge is 2.47. The van der Waals surface area contributed by atoms with E-state index in [1.165, 1.54) is 0 Å². The number of ether oxygens (including phenoxy) is 2. The van der Waals surface area contributed by atoms with E-state index in [-0.39, 0.29) is 17.7 Å². The average molecular weight is 292 g/mol. The fourth-order valence-corrected chi connectivity index (χ4v) is 2.79. The van der Waals surface area contributed by atoms with E-state index < -0.39 is 0 Å². The second-order valence-electron chi connectivity index (χ2n) is 5.57. The van der Waals surface area contributed by atoms with Crippen molar-refractivity contribution < 1.29 is 14.3 Å². The maximum absolute atomic E-state index is 12.3. The second kappa shape index (κ2) is 5.57. The van der Waals surface area contributed by atoms with Crippen LogP contribution in [-0.4, -0.2) is 58.9 Å². The van der Waals surface area contributed by atoms with Crippen molar-refractivity contribution in [2.45, 2.75) is 32.0 Å². The van der Waals surface area contributed by atoms with Crippen molar-refractivity contribution in [1.29, 1.82) is 0 Å². The standard InChI is InChI=1S/C14H20N4O3/c1-10-7-16-12(8-15-10)17-13(19)18-4-6-21-14(9-18)3-5-20-11(14)2/h7-8,11H,3-6,9H2,1-2H3,(H,16,17,19). The number of nitrogens with zero attached hydrogens (tertiary/aromatic N) is 3. The first kappa shape index (κ1) is 14.2. The number of urea groups is 1. The fourth-order valence-electron chi connectivity index (χ4n) is 2.79. The molecular weight excluding hydrogens is 272 g/mol. The van der Waals surface area contributed by atoms with Gasteiger partial charge in [0, 0.05) is 19.6 Å². The molecule has 2 aliphatic rings. The lowest BCUT2D eigenvalue weighted by Crippen LogP contribution is -2.57. The molecule has 3 rings (SSSR count). The van der Waals surface area contributed by atoms with Crippen LogP contribution >= 0.6 is 0 Å². The van der Waals surface area contributed by atoms with Crippen LogP contribution in [0.4, 0.5) is 10.6 Å². The number of aromatic nitrogens is 2. The largest absolute Gasteiger partial charge is 0.375 e. The molecule has 2 atom stereocenters. The number of amides is 2. The highest BCUT2D eigenvalue weighted by atomic mass is 16.6. The fraction of sp³-hybridized carbons (Fsp3) is 0.643. The molecule has 0 aromatic carbocycles. The van der Waals surface area contributed by atoms with Gasteiger partial charge in [-0.15, -0.1) is 0 Å². The van der Waals surface area contributed by atoms with E-state index in [1.54, 1.807) is 17.3 Å². The summed E-state index contributed by atoms with van der Waals surface area (Å²) in [5, 5.41) is 2.78. The summed E-state index contributed by atoms with van der Waals surface area (Å²) >= 11 is 0. The van der Waals surface area contributed by atoms with E-state index in [0.29, 0.717) is 32.1 Å². The molecule has 21 heavy (non-hydrogen) atoms. The van der Waals surface area contributed by atoms with Crippen molar-refractivity contribution in [3.05, 3.63) is 18.1 Å². The van der Waals surface area contributed by atoms with Crippen molar-refractivity contribution in [2.75, 3.05) is 31.6 Å². The number of aryl methyl sites for hydroxylation is 1. The van der Waals surface area contributed by atoms with Crippen molar-refractivity contribution in [3.63, 3.8) is 0 Å². The summed E-state index contributed by atoms with van der Waals surface area (Å²) in [5.74, 6) is 0.460. The Labute approximate surface area is 123 Å². The Morgan fingerprint density at radius 2 is 2.29 bits per heavy atom. The Bertz CT molecular complexity index is 521. The zero-order valence-electron chi connectivity index (χ0n) is 12.3. The van der Waals surface area contributed by atoms with Crippen LogP contribution in [0.1, 0.15) is 19.0 Å². The van der Waals surface area contributed by atoms with Gasteiger partial charge in [0.15, 0.2) is 5.82 Å². The molecule has 0 aliphatic carbocycles. The van der Waals surface area contributed by atoms with Crippen LogP contribution in [0.3, 0.4) is 0 Å². The molecular formula is C14H20N4O3. The Kier molecular flexibility index (Phi) is 3.77. The van der Waals surface area contributed by atoms with Crippen LogP contribution < -0.4 is 5.32 Å². The van der Waals surface area contributed by atoms with Gasteiger partial charge in [-0.2, -0.15) is 0 Å². The first-order chi connectivity index (χ1) is 10.1. The predicted octanol–water partition coefficient (Wildman–Crippen LogP) is 1.20. The van der Waals surface area contributed by atoms with Gasteiger partial charge in [0.1, 0.15) is 5.60 Å². The van der Waals surface area contributed by atoms with Crippen LogP contribution in [-0.2, 0) is 9.47 Å². The van der Waals surface area contributed by atoms with Gasteiger partial charge in [-0.1, -0.05) is 0 Å². The molecule has 1 spiro atoms. The van der Waals surface area contributed by atoms with E-state index in [0.717, 1.165) is 12.1 Å². The van der Waals surface area contributed by atoms with Gasteiger partial charge >= 0.3 is 6.03 Å². The molecule has 2 unspecified atom stereocenters. The summed E-state index contributed by atoms with van der Waals surface area (Å²) in [6.45, 7) is 6.17. The first-order valence-corrected chi connectivity index (χ1v) is 7.19. The van der Waals surface area contributed by atoms with Gasteiger partial charge in [-0.25, -0.2) is 9.78 Å². The molecule has 0 bridgehead atoms. The summed E-state index contributed by atoms with van der Waals surface area (Å²) in [5.41, 5.74) is 0.449. The highest BCUT2D eigenvalue weighted by Crippen LogP contribution is 2.33. The van der Waals surface area contributed by atoms with Crippen molar-refractivity contribution in [2.24, 2.45) is 0 Å². The van der Waals surface area contributed by atoms with Gasteiger partial charge in [0.2, 0.25) is 0 Å². The number of hydrogen-bond acceptors (Lipinski definition) is 5. The minimum absolute atomic E-state index is 0.00673. The first-order valence-electron chi connectivity index (χ1n) is 7.19. The zero-order valence-corrected chi connectivity index (χ0v) is 12.3. The molecule has 1 N–H and O–H groups in total. The number of carbonyl (C=O) groups is 1. The minimum Gasteiger partial charge on any atom is -0.375 e. The van der Waals surface area contributed by atoms with E-state index in [9.17, 15) is 4.79 Å². The Hall–Kier alpha value is -1.73. The minimum atomic E-state index is -0.367. The van der Waals surface area contributed by atoms with Gasteiger partial charge in [-0.3, -0.25) is 10.3 Å². The third kappa shape index (κ3) is 2.84. The number of morpholine rings is 1. The van der Waals surface area contributed by atoms with E-state index >= 15 is 0 Å². The van der Waals surface area contributed by atoms with Crippen LogP contribution in [0, 0.1) is 6.92 Å². The Balaban J connectivity index is 1.66. The highest BCUT2D eigenvalue weighted by molar-refractivity contribution is 5.88. The Morgan fingerprint density at radius 1 is 1.43 bits per heavy atom. The number of anilines is 1. The molecule has 1 aromatic rings. The lowest BCUT2D eigenvalue weighted by Gasteiger charge is -2.41. The van der Waals surface area contributed by atoms with Gasteiger partial charge in [0.25, 0.3) is 0 Å². The molecule has 3 heterocycles. The molecule has 0 saturated carbocycles. The van der Waals surface area contributed by atoms with Crippen molar-refractivity contribution in [3.8, 4) is 0 Å². The van der Waals surface area contributed by atoms with Gasteiger partial charge in [0.05, 0.1) is 37.3 Å². The number of nitrogens with one attached hydrogen (secondary N) is 1. The molecule has 114 valence electrons. The number of carbonyl (C=O) groups excluding carboxylic acids is 1. The molecule has 2 fully saturated rings. The average Bonchev–Trinajstić information content (AvgIpc) is 2.82. The summed E-state index contributed by atoms with van der Waals surface area (Å²) < 4.78 is 11.5. The SMILES string of the molecule is Cc1cnc(NC(=O)N2CCOC3(CCOC3C)C2)cn1. The van der Waals surface area contributed by atoms with Crippen molar-refractivity contribution >= 4 is 11.8 Å². The monoisotopic (exact) mass is 292 g/mol. The third-order valence-corrected chi connectivity index (χ3v) is 4.15. The van der Waals surface area contributed by atoms with Crippen LogP contribution in [0.15, 0.2) is 12.4 Å². The van der Waals surface area contributed by atoms with E-state index in [1.807, 2.05) is 13.8 Å². The molecule has 7 heteroatoms. The molecule has 1 aromatic heterocycles. The maximum atomic E-state index is 12.3. The third-order valence-electron chi connectivity index (χ3n) is 4.15. The molecule has 2 aliphatic heterocycles. The lowest BCUT2D eigenvalue weighted by atomic mass is 9.94. The summed E-state index contributed by atoms with van der Waals surface area (Å²) in [6, 6.07) is -0.171. The molecule has 7 nitrogen and oxygen atoms in total. The summed E-state index contributed by atoms with van der Waals surface area (Å²) in [7, 11) is 0.